The lowest BCUT2D eigenvalue weighted by atomic mass is 9.69. The Labute approximate surface area is 120 Å². The van der Waals surface area contributed by atoms with E-state index in [-0.39, 0.29) is 23.0 Å². The molecule has 0 amide bonds. The average Bonchev–Trinajstić information content (AvgIpc) is 2.45. The van der Waals surface area contributed by atoms with Crippen LogP contribution in [0, 0.1) is 11.2 Å². The zero-order valence-electron chi connectivity index (χ0n) is 12.4. The van der Waals surface area contributed by atoms with E-state index in [1.54, 1.807) is 12.1 Å². The van der Waals surface area contributed by atoms with Crippen LogP contribution in [0.5, 0.6) is 5.75 Å². The minimum Gasteiger partial charge on any atom is -0.494 e. The third-order valence-electron chi connectivity index (χ3n) is 4.69. The second kappa shape index (κ2) is 6.55. The fourth-order valence-electron chi connectivity index (χ4n) is 3.29. The van der Waals surface area contributed by atoms with Gasteiger partial charge in [0.25, 0.3) is 0 Å². The van der Waals surface area contributed by atoms with E-state index in [1.165, 1.54) is 39.2 Å². The number of benzene rings is 1. The minimum absolute atomic E-state index is 0.176. The number of ether oxygens (including phenoxy) is 1. The normalized spacial score (nSPS) is 19.6. The Morgan fingerprint density at radius 1 is 1.35 bits per heavy atom. The minimum atomic E-state index is -0.311. The molecule has 1 unspecified atom stereocenters. The zero-order chi connectivity index (χ0) is 14.6. The molecule has 1 aliphatic carbocycles. The molecule has 4 heteroatoms. The smallest absolute Gasteiger partial charge is 0.165 e. The van der Waals surface area contributed by atoms with Crippen LogP contribution in [-0.2, 0) is 6.42 Å². The van der Waals surface area contributed by atoms with E-state index in [2.05, 4.69) is 12.3 Å². The number of nitrogens with one attached hydrogen (secondary N) is 1. The largest absolute Gasteiger partial charge is 0.494 e. The van der Waals surface area contributed by atoms with Crippen molar-refractivity contribution in [1.29, 1.82) is 0 Å². The molecule has 0 aromatic heterocycles. The lowest BCUT2D eigenvalue weighted by Gasteiger charge is -2.40. The van der Waals surface area contributed by atoms with Crippen molar-refractivity contribution < 1.29 is 9.13 Å². The van der Waals surface area contributed by atoms with E-state index >= 15 is 0 Å². The molecule has 3 nitrogen and oxygen atoms in total. The van der Waals surface area contributed by atoms with Crippen LogP contribution in [0.4, 0.5) is 4.39 Å². The lowest BCUT2D eigenvalue weighted by molar-refractivity contribution is 0.144. The molecule has 20 heavy (non-hydrogen) atoms. The van der Waals surface area contributed by atoms with Crippen LogP contribution in [0.1, 0.15) is 44.6 Å². The van der Waals surface area contributed by atoms with Crippen molar-refractivity contribution in [3.05, 3.63) is 29.6 Å². The number of hydrogen-bond acceptors (Lipinski definition) is 3. The van der Waals surface area contributed by atoms with Crippen LogP contribution < -0.4 is 16.0 Å². The van der Waals surface area contributed by atoms with Gasteiger partial charge < -0.3 is 4.74 Å². The Hall–Kier alpha value is -1.13. The van der Waals surface area contributed by atoms with Crippen molar-refractivity contribution in [2.45, 2.75) is 51.5 Å². The van der Waals surface area contributed by atoms with Gasteiger partial charge in [0.1, 0.15) is 0 Å². The maximum absolute atomic E-state index is 13.8. The number of hydrogen-bond donors (Lipinski definition) is 2. The first kappa shape index (κ1) is 15.3. The number of hydrazine groups is 1. The summed E-state index contributed by atoms with van der Waals surface area (Å²) in [5.74, 6) is 5.74. The van der Waals surface area contributed by atoms with Crippen LogP contribution >= 0.6 is 0 Å². The predicted molar refractivity (Wildman–Crippen MR) is 79.0 cm³/mol. The molecular weight excluding hydrogens is 255 g/mol. The lowest BCUT2D eigenvalue weighted by Crippen LogP contribution is -2.49. The Balaban J connectivity index is 2.11. The van der Waals surface area contributed by atoms with E-state index in [1.807, 2.05) is 6.07 Å². The summed E-state index contributed by atoms with van der Waals surface area (Å²) in [6.45, 7) is 2.29. The van der Waals surface area contributed by atoms with Crippen molar-refractivity contribution >= 4 is 0 Å². The standard InChI is InChI=1S/C16H25FN2O/c1-16(8-4-3-5-9-16)15(19-18)11-12-6-7-14(20-2)13(17)10-12/h6-7,10,15,19H,3-5,8-9,11,18H2,1-2H3. The van der Waals surface area contributed by atoms with E-state index in [0.29, 0.717) is 0 Å². The van der Waals surface area contributed by atoms with Crippen molar-refractivity contribution in [3.63, 3.8) is 0 Å². The van der Waals surface area contributed by atoms with E-state index < -0.39 is 0 Å². The molecule has 1 aromatic carbocycles. The first-order valence-corrected chi connectivity index (χ1v) is 7.37. The molecule has 0 aliphatic heterocycles. The van der Waals surface area contributed by atoms with Gasteiger partial charge in [-0.05, 0) is 42.4 Å². The maximum atomic E-state index is 13.8. The molecule has 0 saturated heterocycles. The third kappa shape index (κ3) is 3.30. The van der Waals surface area contributed by atoms with Crippen LogP contribution in [0.3, 0.4) is 0 Å². The van der Waals surface area contributed by atoms with Gasteiger partial charge in [0.2, 0.25) is 0 Å². The maximum Gasteiger partial charge on any atom is 0.165 e. The van der Waals surface area contributed by atoms with Crippen LogP contribution in [-0.4, -0.2) is 13.2 Å². The predicted octanol–water partition coefficient (Wildman–Crippen LogP) is 3.18. The van der Waals surface area contributed by atoms with E-state index in [4.69, 9.17) is 10.6 Å². The Kier molecular flexibility index (Phi) is 5.00. The van der Waals surface area contributed by atoms with Gasteiger partial charge in [-0.2, -0.15) is 0 Å². The summed E-state index contributed by atoms with van der Waals surface area (Å²) in [5, 5.41) is 0. The van der Waals surface area contributed by atoms with Crippen molar-refractivity contribution in [1.82, 2.24) is 5.43 Å². The number of nitrogens with two attached hydrogens (primary N) is 1. The molecule has 2 rings (SSSR count). The Bertz CT molecular complexity index is 444. The van der Waals surface area contributed by atoms with Gasteiger partial charge in [0.05, 0.1) is 7.11 Å². The summed E-state index contributed by atoms with van der Waals surface area (Å²) >= 11 is 0. The first-order valence-electron chi connectivity index (χ1n) is 7.37. The molecule has 1 atom stereocenters. The fraction of sp³-hybridized carbons (Fsp3) is 0.625. The topological polar surface area (TPSA) is 47.3 Å². The molecule has 1 fully saturated rings. The van der Waals surface area contributed by atoms with E-state index in [0.717, 1.165) is 12.0 Å². The fourth-order valence-corrected chi connectivity index (χ4v) is 3.29. The van der Waals surface area contributed by atoms with Gasteiger partial charge in [-0.15, -0.1) is 0 Å². The van der Waals surface area contributed by atoms with Gasteiger partial charge in [0, 0.05) is 6.04 Å². The molecule has 112 valence electrons. The van der Waals surface area contributed by atoms with Gasteiger partial charge in [0.15, 0.2) is 11.6 Å². The second-order valence-corrected chi connectivity index (χ2v) is 6.11. The molecule has 0 radical (unpaired) electrons. The summed E-state index contributed by atoms with van der Waals surface area (Å²) in [4.78, 5) is 0. The molecule has 1 aliphatic rings. The summed E-state index contributed by atoms with van der Waals surface area (Å²) in [6.07, 6.45) is 6.93. The van der Waals surface area contributed by atoms with Crippen LogP contribution in [0.2, 0.25) is 0 Å². The number of methoxy groups -OCH3 is 1. The highest BCUT2D eigenvalue weighted by Gasteiger charge is 2.34. The van der Waals surface area contributed by atoms with Crippen molar-refractivity contribution in [2.75, 3.05) is 7.11 Å². The molecule has 0 heterocycles. The molecule has 3 N–H and O–H groups in total. The van der Waals surface area contributed by atoms with Crippen LogP contribution in [0.25, 0.3) is 0 Å². The first-order chi connectivity index (χ1) is 9.59. The summed E-state index contributed by atoms with van der Waals surface area (Å²) in [7, 11) is 1.48. The highest BCUT2D eigenvalue weighted by atomic mass is 19.1. The number of rotatable bonds is 5. The summed E-state index contributed by atoms with van der Waals surface area (Å²) in [6, 6.07) is 5.32. The Morgan fingerprint density at radius 2 is 2.05 bits per heavy atom. The second-order valence-electron chi connectivity index (χ2n) is 6.11. The zero-order valence-corrected chi connectivity index (χ0v) is 12.4. The average molecular weight is 280 g/mol. The van der Waals surface area contributed by atoms with Gasteiger partial charge in [-0.25, -0.2) is 4.39 Å². The molecular formula is C16H25FN2O. The monoisotopic (exact) mass is 280 g/mol. The summed E-state index contributed by atoms with van der Waals surface area (Å²) in [5.41, 5.74) is 4.11. The Morgan fingerprint density at radius 3 is 2.60 bits per heavy atom. The highest BCUT2D eigenvalue weighted by Crippen LogP contribution is 2.39. The van der Waals surface area contributed by atoms with Crippen LogP contribution in [0.15, 0.2) is 18.2 Å². The quantitative estimate of drug-likeness (QED) is 0.643. The molecule has 0 bridgehead atoms. The molecule has 1 aromatic rings. The van der Waals surface area contributed by atoms with Crippen molar-refractivity contribution in [3.8, 4) is 5.75 Å². The summed E-state index contributed by atoms with van der Waals surface area (Å²) < 4.78 is 18.7. The van der Waals surface area contributed by atoms with Gasteiger partial charge in [-0.3, -0.25) is 11.3 Å². The highest BCUT2D eigenvalue weighted by molar-refractivity contribution is 5.30. The van der Waals surface area contributed by atoms with E-state index in [9.17, 15) is 4.39 Å². The van der Waals surface area contributed by atoms with Gasteiger partial charge in [-0.1, -0.05) is 32.3 Å². The molecule has 1 saturated carbocycles. The van der Waals surface area contributed by atoms with Crippen molar-refractivity contribution in [2.24, 2.45) is 11.3 Å². The van der Waals surface area contributed by atoms with Gasteiger partial charge >= 0.3 is 0 Å². The third-order valence-corrected chi connectivity index (χ3v) is 4.69. The number of halogens is 1. The molecule has 0 spiro atoms. The SMILES string of the molecule is COc1ccc(CC(NN)C2(C)CCCCC2)cc1F.